The molecule has 1 amide bonds. The van der Waals surface area contributed by atoms with E-state index in [4.69, 9.17) is 5.73 Å². The van der Waals surface area contributed by atoms with Gasteiger partial charge in [-0.1, -0.05) is 30.0 Å². The Hall–Kier alpha value is -2.94. The van der Waals surface area contributed by atoms with Crippen molar-refractivity contribution in [1.29, 1.82) is 0 Å². The number of benzene rings is 1. The topological polar surface area (TPSA) is 117 Å². The molecule has 1 atom stereocenters. The van der Waals surface area contributed by atoms with Crippen LogP contribution in [-0.4, -0.2) is 49.5 Å². The van der Waals surface area contributed by atoms with E-state index in [9.17, 15) is 14.4 Å². The van der Waals surface area contributed by atoms with Gasteiger partial charge < -0.3 is 26.6 Å². The van der Waals surface area contributed by atoms with Crippen molar-refractivity contribution in [3.8, 4) is 0 Å². The number of allylic oxidation sites excluding steroid dienone is 1. The maximum Gasteiger partial charge on any atom is 0.241 e. The molecule has 1 unspecified atom stereocenters. The van der Waals surface area contributed by atoms with E-state index < -0.39 is 0 Å². The zero-order valence-electron chi connectivity index (χ0n) is 14.5. The molecule has 26 heavy (non-hydrogen) atoms. The Labute approximate surface area is 155 Å². The SMILES string of the molecule is CN/C(N)=C(\C=O)N(C)CC(=O)NC1NC(c2cccc(C=O)c2)=CS1. The predicted molar refractivity (Wildman–Crippen MR) is 101 cm³/mol. The number of rotatable bonds is 8. The number of hydrogen-bond acceptors (Lipinski definition) is 8. The maximum absolute atomic E-state index is 12.2. The molecule has 138 valence electrons. The lowest BCUT2D eigenvalue weighted by Gasteiger charge is -2.21. The van der Waals surface area contributed by atoms with Gasteiger partial charge in [-0.2, -0.15) is 0 Å². The molecule has 0 bridgehead atoms. The Morgan fingerprint density at radius 2 is 2.19 bits per heavy atom. The summed E-state index contributed by atoms with van der Waals surface area (Å²) in [7, 11) is 3.20. The zero-order valence-corrected chi connectivity index (χ0v) is 15.3. The molecule has 8 nitrogen and oxygen atoms in total. The summed E-state index contributed by atoms with van der Waals surface area (Å²) in [5.74, 6) is -0.0697. The summed E-state index contributed by atoms with van der Waals surface area (Å²) in [6, 6.07) is 7.17. The zero-order chi connectivity index (χ0) is 19.1. The summed E-state index contributed by atoms with van der Waals surface area (Å²) in [4.78, 5) is 35.7. The first-order chi connectivity index (χ1) is 12.5. The van der Waals surface area contributed by atoms with Gasteiger partial charge in [0.2, 0.25) is 5.91 Å². The van der Waals surface area contributed by atoms with Crippen LogP contribution < -0.4 is 21.7 Å². The summed E-state index contributed by atoms with van der Waals surface area (Å²) in [6.07, 6.45) is 1.39. The molecule has 2 rings (SSSR count). The van der Waals surface area contributed by atoms with E-state index in [0.717, 1.165) is 17.5 Å². The van der Waals surface area contributed by atoms with Crippen LogP contribution in [0.5, 0.6) is 0 Å². The van der Waals surface area contributed by atoms with Gasteiger partial charge in [0.25, 0.3) is 0 Å². The number of nitrogens with zero attached hydrogens (tertiary/aromatic N) is 1. The third-order valence-corrected chi connectivity index (χ3v) is 4.56. The first kappa shape index (κ1) is 19.4. The Morgan fingerprint density at radius 1 is 1.42 bits per heavy atom. The van der Waals surface area contributed by atoms with Crippen molar-refractivity contribution in [2.75, 3.05) is 20.6 Å². The van der Waals surface area contributed by atoms with Gasteiger partial charge in [0.1, 0.15) is 17.8 Å². The number of carbonyl (C=O) groups excluding carboxylic acids is 3. The van der Waals surface area contributed by atoms with Crippen LogP contribution in [-0.2, 0) is 9.59 Å². The third kappa shape index (κ3) is 4.79. The molecule has 1 heterocycles. The molecule has 0 spiro atoms. The van der Waals surface area contributed by atoms with Crippen molar-refractivity contribution < 1.29 is 14.4 Å². The number of hydrogen-bond donors (Lipinski definition) is 4. The lowest BCUT2D eigenvalue weighted by Crippen LogP contribution is -2.44. The van der Waals surface area contributed by atoms with Gasteiger partial charge in [0.05, 0.1) is 12.2 Å². The second-order valence-electron chi connectivity index (χ2n) is 5.53. The van der Waals surface area contributed by atoms with Crippen molar-refractivity contribution in [2.45, 2.75) is 5.50 Å². The fourth-order valence-electron chi connectivity index (χ4n) is 2.33. The van der Waals surface area contributed by atoms with Gasteiger partial charge in [0.15, 0.2) is 11.8 Å². The number of nitrogens with one attached hydrogen (secondary N) is 3. The lowest BCUT2D eigenvalue weighted by atomic mass is 10.1. The minimum atomic E-state index is -0.337. The van der Waals surface area contributed by atoms with E-state index in [1.54, 1.807) is 32.3 Å². The van der Waals surface area contributed by atoms with Crippen molar-refractivity contribution in [3.63, 3.8) is 0 Å². The number of likely N-dealkylation sites (N-methyl/N-ethyl adjacent to an activating group) is 1. The molecule has 0 radical (unpaired) electrons. The third-order valence-electron chi connectivity index (χ3n) is 3.68. The Kier molecular flexibility index (Phi) is 6.67. The number of amides is 1. The van der Waals surface area contributed by atoms with Gasteiger partial charge in [-0.3, -0.25) is 14.4 Å². The number of thioether (sulfide) groups is 1. The van der Waals surface area contributed by atoms with Gasteiger partial charge >= 0.3 is 0 Å². The highest BCUT2D eigenvalue weighted by Gasteiger charge is 2.21. The summed E-state index contributed by atoms with van der Waals surface area (Å²) >= 11 is 1.41. The highest BCUT2D eigenvalue weighted by atomic mass is 32.2. The fourth-order valence-corrected chi connectivity index (χ4v) is 3.20. The van der Waals surface area contributed by atoms with Gasteiger partial charge in [-0.05, 0) is 17.0 Å². The van der Waals surface area contributed by atoms with E-state index in [1.807, 2.05) is 11.5 Å². The number of nitrogens with two attached hydrogens (primary N) is 1. The molecule has 0 fully saturated rings. The number of carbonyl (C=O) groups is 3. The van der Waals surface area contributed by atoms with Crippen LogP contribution in [0.25, 0.3) is 5.70 Å². The van der Waals surface area contributed by atoms with Gasteiger partial charge in [0, 0.05) is 19.7 Å². The smallest absolute Gasteiger partial charge is 0.241 e. The van der Waals surface area contributed by atoms with Gasteiger partial charge in [-0.25, -0.2) is 0 Å². The largest absolute Gasteiger partial charge is 0.384 e. The van der Waals surface area contributed by atoms with E-state index in [1.165, 1.54) is 16.7 Å². The molecular weight excluding hydrogens is 354 g/mol. The van der Waals surface area contributed by atoms with Gasteiger partial charge in [-0.15, -0.1) is 0 Å². The van der Waals surface area contributed by atoms with Crippen molar-refractivity contribution >= 4 is 35.9 Å². The van der Waals surface area contributed by atoms with E-state index >= 15 is 0 Å². The Bertz CT molecular complexity index is 763. The molecule has 1 aliphatic heterocycles. The molecule has 0 saturated carbocycles. The highest BCUT2D eigenvalue weighted by Crippen LogP contribution is 2.26. The average Bonchev–Trinajstić information content (AvgIpc) is 3.10. The Balaban J connectivity index is 1.92. The van der Waals surface area contributed by atoms with Crippen LogP contribution in [0.3, 0.4) is 0 Å². The van der Waals surface area contributed by atoms with E-state index in [0.29, 0.717) is 11.8 Å². The minimum absolute atomic E-state index is 0.0227. The summed E-state index contributed by atoms with van der Waals surface area (Å²) in [5.41, 5.74) is 7.83. The first-order valence-electron chi connectivity index (χ1n) is 7.79. The molecule has 0 aliphatic carbocycles. The van der Waals surface area contributed by atoms with Crippen LogP contribution in [0, 0.1) is 0 Å². The standard InChI is InChI=1S/C17H21N5O3S/c1-19-16(18)14(9-24)22(2)7-15(25)21-17-20-13(10-26-17)12-5-3-4-11(6-12)8-23/h3-6,8-10,17,19-20H,7,18H2,1-2H3,(H,21,25)/b16-14+. The first-order valence-corrected chi connectivity index (χ1v) is 8.73. The fraction of sp³-hybridized carbons (Fsp3) is 0.235. The van der Waals surface area contributed by atoms with E-state index in [-0.39, 0.29) is 29.5 Å². The Morgan fingerprint density at radius 3 is 2.85 bits per heavy atom. The van der Waals surface area contributed by atoms with Crippen LogP contribution in [0.1, 0.15) is 15.9 Å². The van der Waals surface area contributed by atoms with Crippen LogP contribution >= 0.6 is 11.8 Å². The normalized spacial score (nSPS) is 16.7. The van der Waals surface area contributed by atoms with E-state index in [2.05, 4.69) is 16.0 Å². The average molecular weight is 375 g/mol. The summed E-state index contributed by atoms with van der Waals surface area (Å²) in [5, 5.41) is 10.6. The molecule has 1 aromatic rings. The quantitative estimate of drug-likeness (QED) is 0.371. The summed E-state index contributed by atoms with van der Waals surface area (Å²) < 4.78 is 0. The maximum atomic E-state index is 12.2. The second-order valence-corrected chi connectivity index (χ2v) is 6.50. The monoisotopic (exact) mass is 375 g/mol. The van der Waals surface area contributed by atoms with Crippen LogP contribution in [0.2, 0.25) is 0 Å². The van der Waals surface area contributed by atoms with Crippen LogP contribution in [0.4, 0.5) is 0 Å². The lowest BCUT2D eigenvalue weighted by molar-refractivity contribution is -0.121. The molecule has 0 aromatic heterocycles. The molecule has 5 N–H and O–H groups in total. The molecule has 0 saturated heterocycles. The van der Waals surface area contributed by atoms with Crippen molar-refractivity contribution in [2.24, 2.45) is 5.73 Å². The highest BCUT2D eigenvalue weighted by molar-refractivity contribution is 8.03. The molecule has 9 heteroatoms. The molecular formula is C17H21N5O3S. The number of aldehydes is 2. The predicted octanol–water partition coefficient (Wildman–Crippen LogP) is 0.0116. The summed E-state index contributed by atoms with van der Waals surface area (Å²) in [6.45, 7) is -0.0227. The van der Waals surface area contributed by atoms with Crippen LogP contribution in [0.15, 0.2) is 41.2 Å². The second kappa shape index (κ2) is 8.95. The minimum Gasteiger partial charge on any atom is -0.384 e. The molecule has 1 aliphatic rings. The van der Waals surface area contributed by atoms with Crippen molar-refractivity contribution in [1.82, 2.24) is 20.9 Å². The van der Waals surface area contributed by atoms with Crippen molar-refractivity contribution in [3.05, 3.63) is 52.3 Å². The molecule has 1 aromatic carbocycles.